The van der Waals surface area contributed by atoms with Crippen molar-refractivity contribution in [2.75, 3.05) is 0 Å². The molecule has 1 aromatic carbocycles. The molecule has 0 aliphatic rings. The zero-order chi connectivity index (χ0) is 16.4. The molecular formula is C13H9N3O6. The second kappa shape index (κ2) is 5.56. The number of nitro groups is 1. The van der Waals surface area contributed by atoms with Gasteiger partial charge in [-0.1, -0.05) is 6.07 Å². The lowest BCUT2D eigenvalue weighted by Gasteiger charge is -2.07. The Balaban J connectivity index is 2.77. The number of benzene rings is 1. The van der Waals surface area contributed by atoms with Crippen molar-refractivity contribution in [3.8, 4) is 5.69 Å². The molecule has 0 fully saturated rings. The van der Waals surface area contributed by atoms with Crippen LogP contribution in [-0.4, -0.2) is 31.6 Å². The van der Waals surface area contributed by atoms with Gasteiger partial charge in [0.25, 0.3) is 11.2 Å². The summed E-state index contributed by atoms with van der Waals surface area (Å²) in [4.78, 5) is 44.7. The maximum absolute atomic E-state index is 12.1. The summed E-state index contributed by atoms with van der Waals surface area (Å²) in [6.07, 6.45) is 0. The standard InChI is InChI=1S/C13H9N3O6/c1-7(17)11-6-10(13(19)20)12(18)15(14-11)8-3-2-4-9(5-8)16(21)22/h2-6H,1H3,(H,19,20). The number of aromatic nitrogens is 2. The second-order valence-corrected chi connectivity index (χ2v) is 4.30. The lowest BCUT2D eigenvalue weighted by atomic mass is 10.2. The Hall–Kier alpha value is -3.36. The maximum Gasteiger partial charge on any atom is 0.341 e. The zero-order valence-electron chi connectivity index (χ0n) is 11.2. The van der Waals surface area contributed by atoms with Crippen LogP contribution in [0.15, 0.2) is 35.1 Å². The minimum atomic E-state index is -1.52. The van der Waals surface area contributed by atoms with Crippen LogP contribution in [0.5, 0.6) is 0 Å². The maximum atomic E-state index is 12.1. The molecule has 0 unspecified atom stereocenters. The number of carboxylic acid groups (broad SMARTS) is 1. The van der Waals surface area contributed by atoms with Crippen LogP contribution in [0.25, 0.3) is 5.69 Å². The Kier molecular flexibility index (Phi) is 3.80. The Morgan fingerprint density at radius 2 is 2.00 bits per heavy atom. The monoisotopic (exact) mass is 303 g/mol. The van der Waals surface area contributed by atoms with E-state index in [0.717, 1.165) is 19.1 Å². The van der Waals surface area contributed by atoms with Gasteiger partial charge in [-0.25, -0.2) is 4.79 Å². The first-order valence-corrected chi connectivity index (χ1v) is 5.94. The molecule has 0 spiro atoms. The van der Waals surface area contributed by atoms with E-state index in [-0.39, 0.29) is 17.1 Å². The zero-order valence-corrected chi connectivity index (χ0v) is 11.2. The van der Waals surface area contributed by atoms with Gasteiger partial charge in [0.05, 0.1) is 10.6 Å². The number of nitrogens with zero attached hydrogens (tertiary/aromatic N) is 3. The topological polar surface area (TPSA) is 132 Å². The summed E-state index contributed by atoms with van der Waals surface area (Å²) < 4.78 is 0.660. The highest BCUT2D eigenvalue weighted by atomic mass is 16.6. The minimum absolute atomic E-state index is 0.00944. The van der Waals surface area contributed by atoms with E-state index in [2.05, 4.69) is 5.10 Å². The number of ketones is 1. The largest absolute Gasteiger partial charge is 0.477 e. The normalized spacial score (nSPS) is 10.2. The summed E-state index contributed by atoms with van der Waals surface area (Å²) in [6.45, 7) is 1.16. The molecule has 0 atom stereocenters. The quantitative estimate of drug-likeness (QED) is 0.507. The van der Waals surface area contributed by atoms with Crippen LogP contribution in [-0.2, 0) is 0 Å². The van der Waals surface area contributed by atoms with Gasteiger partial charge in [-0.2, -0.15) is 9.78 Å². The molecule has 1 heterocycles. The van der Waals surface area contributed by atoms with Crippen LogP contribution in [0, 0.1) is 10.1 Å². The average Bonchev–Trinajstić information content (AvgIpc) is 2.46. The molecule has 112 valence electrons. The number of hydrogen-bond acceptors (Lipinski definition) is 6. The number of carboxylic acids is 1. The Morgan fingerprint density at radius 1 is 1.32 bits per heavy atom. The number of rotatable bonds is 4. The summed E-state index contributed by atoms with van der Waals surface area (Å²) in [7, 11) is 0. The van der Waals surface area contributed by atoms with E-state index in [1.807, 2.05) is 0 Å². The van der Waals surface area contributed by atoms with Gasteiger partial charge in [-0.15, -0.1) is 0 Å². The predicted octanol–water partition coefficient (Wildman–Crippen LogP) is 1.04. The minimum Gasteiger partial charge on any atom is -0.477 e. The molecule has 2 rings (SSSR count). The van der Waals surface area contributed by atoms with Crippen molar-refractivity contribution in [3.05, 3.63) is 62.1 Å². The second-order valence-electron chi connectivity index (χ2n) is 4.30. The first-order chi connectivity index (χ1) is 10.3. The van der Waals surface area contributed by atoms with E-state index in [4.69, 9.17) is 5.11 Å². The number of Topliss-reactive ketones (excluding diaryl/α,β-unsaturated/α-hetero) is 1. The molecule has 0 aliphatic carbocycles. The van der Waals surface area contributed by atoms with E-state index in [1.165, 1.54) is 18.2 Å². The van der Waals surface area contributed by atoms with Crippen molar-refractivity contribution in [2.24, 2.45) is 0 Å². The van der Waals surface area contributed by atoms with Crippen LogP contribution in [0.1, 0.15) is 27.8 Å². The van der Waals surface area contributed by atoms with E-state index >= 15 is 0 Å². The molecular weight excluding hydrogens is 294 g/mol. The third kappa shape index (κ3) is 2.73. The Morgan fingerprint density at radius 3 is 2.55 bits per heavy atom. The summed E-state index contributed by atoms with van der Waals surface area (Å²) in [5.74, 6) is -2.06. The van der Waals surface area contributed by atoms with Gasteiger partial charge in [0.1, 0.15) is 11.3 Å². The molecule has 22 heavy (non-hydrogen) atoms. The lowest BCUT2D eigenvalue weighted by Crippen LogP contribution is -2.29. The van der Waals surface area contributed by atoms with Gasteiger partial charge in [0.2, 0.25) is 0 Å². The summed E-state index contributed by atoms with van der Waals surface area (Å²) in [6, 6.07) is 5.81. The molecule has 0 saturated carbocycles. The molecule has 1 aromatic heterocycles. The Bertz CT molecular complexity index is 855. The van der Waals surface area contributed by atoms with Gasteiger partial charge < -0.3 is 5.11 Å². The number of non-ortho nitro benzene ring substituents is 1. The Labute approximate surface area is 122 Å². The molecule has 0 aliphatic heterocycles. The molecule has 0 bridgehead atoms. The molecule has 9 heteroatoms. The third-order valence-corrected chi connectivity index (χ3v) is 2.79. The van der Waals surface area contributed by atoms with Crippen LogP contribution >= 0.6 is 0 Å². The fourth-order valence-electron chi connectivity index (χ4n) is 1.73. The van der Waals surface area contributed by atoms with Crippen molar-refractivity contribution in [1.29, 1.82) is 0 Å². The first kappa shape index (κ1) is 15.0. The van der Waals surface area contributed by atoms with E-state index in [9.17, 15) is 24.5 Å². The van der Waals surface area contributed by atoms with Crippen LogP contribution < -0.4 is 5.56 Å². The highest BCUT2D eigenvalue weighted by Crippen LogP contribution is 2.15. The summed E-state index contributed by atoms with van der Waals surface area (Å²) in [5.41, 5.74) is -2.17. The van der Waals surface area contributed by atoms with Crippen molar-refractivity contribution in [3.63, 3.8) is 0 Å². The van der Waals surface area contributed by atoms with Gasteiger partial charge in [0.15, 0.2) is 5.78 Å². The van der Waals surface area contributed by atoms with Crippen molar-refractivity contribution < 1.29 is 19.6 Å². The van der Waals surface area contributed by atoms with Crippen molar-refractivity contribution >= 4 is 17.4 Å². The summed E-state index contributed by atoms with van der Waals surface area (Å²) >= 11 is 0. The number of hydrogen-bond donors (Lipinski definition) is 1. The lowest BCUT2D eigenvalue weighted by molar-refractivity contribution is -0.384. The molecule has 2 aromatic rings. The summed E-state index contributed by atoms with van der Waals surface area (Å²) in [5, 5.41) is 23.5. The van der Waals surface area contributed by atoms with E-state index < -0.39 is 27.8 Å². The molecule has 1 N–H and O–H groups in total. The van der Waals surface area contributed by atoms with Gasteiger partial charge in [-0.05, 0) is 12.1 Å². The molecule has 0 radical (unpaired) electrons. The average molecular weight is 303 g/mol. The fourth-order valence-corrected chi connectivity index (χ4v) is 1.73. The van der Waals surface area contributed by atoms with E-state index in [0.29, 0.717) is 4.68 Å². The fraction of sp³-hybridized carbons (Fsp3) is 0.0769. The van der Waals surface area contributed by atoms with Crippen LogP contribution in [0.3, 0.4) is 0 Å². The van der Waals surface area contributed by atoms with Gasteiger partial charge in [-0.3, -0.25) is 19.7 Å². The van der Waals surface area contributed by atoms with Crippen molar-refractivity contribution in [1.82, 2.24) is 9.78 Å². The predicted molar refractivity (Wildman–Crippen MR) is 73.5 cm³/mol. The van der Waals surface area contributed by atoms with Crippen molar-refractivity contribution in [2.45, 2.75) is 6.92 Å². The van der Waals surface area contributed by atoms with Gasteiger partial charge in [0, 0.05) is 19.1 Å². The van der Waals surface area contributed by atoms with Gasteiger partial charge >= 0.3 is 5.97 Å². The van der Waals surface area contributed by atoms with Crippen LogP contribution in [0.2, 0.25) is 0 Å². The number of carbonyl (C=O) groups excluding carboxylic acids is 1. The first-order valence-electron chi connectivity index (χ1n) is 5.94. The highest BCUT2D eigenvalue weighted by Gasteiger charge is 2.18. The number of nitro benzene ring substituents is 1. The molecule has 0 saturated heterocycles. The number of carbonyl (C=O) groups is 2. The smallest absolute Gasteiger partial charge is 0.341 e. The molecule has 9 nitrogen and oxygen atoms in total. The number of aromatic carboxylic acids is 1. The third-order valence-electron chi connectivity index (χ3n) is 2.79. The highest BCUT2D eigenvalue weighted by molar-refractivity contribution is 5.95. The SMILES string of the molecule is CC(=O)c1cc(C(=O)O)c(=O)n(-c2cccc([N+](=O)[O-])c2)n1. The molecule has 0 amide bonds. The van der Waals surface area contributed by atoms with Crippen LogP contribution in [0.4, 0.5) is 5.69 Å². The van der Waals surface area contributed by atoms with E-state index in [1.54, 1.807) is 0 Å².